The van der Waals surface area contributed by atoms with Crippen LogP contribution in [0.25, 0.3) is 0 Å². The summed E-state index contributed by atoms with van der Waals surface area (Å²) >= 11 is 0. The second kappa shape index (κ2) is 5.72. The maximum absolute atomic E-state index is 11.4. The molecule has 1 aromatic rings. The Hall–Kier alpha value is -1.39. The summed E-state index contributed by atoms with van der Waals surface area (Å²) in [4.78, 5) is 13.4. The van der Waals surface area contributed by atoms with E-state index in [0.29, 0.717) is 6.54 Å². The van der Waals surface area contributed by atoms with E-state index in [-0.39, 0.29) is 5.92 Å². The van der Waals surface area contributed by atoms with Gasteiger partial charge in [-0.15, -0.1) is 0 Å². The molecule has 0 saturated heterocycles. The third-order valence-electron chi connectivity index (χ3n) is 3.86. The van der Waals surface area contributed by atoms with E-state index in [1.54, 1.807) is 0 Å². The Balaban J connectivity index is 1.86. The van der Waals surface area contributed by atoms with Gasteiger partial charge in [0, 0.05) is 13.1 Å². The van der Waals surface area contributed by atoms with Gasteiger partial charge in [-0.25, -0.2) is 0 Å². The molecule has 1 unspecified atom stereocenters. The normalized spacial score (nSPS) is 18.3. The Morgan fingerprint density at radius 1 is 1.42 bits per heavy atom. The number of nitrogens with zero attached hydrogens (tertiary/aromatic N) is 1. The van der Waals surface area contributed by atoms with Crippen molar-refractivity contribution in [2.45, 2.75) is 24.8 Å². The van der Waals surface area contributed by atoms with E-state index in [4.69, 9.17) is 5.73 Å². The van der Waals surface area contributed by atoms with Gasteiger partial charge in [0.1, 0.15) is 5.54 Å². The lowest BCUT2D eigenvalue weighted by Gasteiger charge is -2.30. The Kier molecular flexibility index (Phi) is 4.22. The van der Waals surface area contributed by atoms with Gasteiger partial charge in [-0.3, -0.25) is 4.79 Å². The number of benzene rings is 1. The maximum atomic E-state index is 11.4. The molecule has 0 radical (unpaired) electrons. The molecule has 1 saturated carbocycles. The summed E-state index contributed by atoms with van der Waals surface area (Å²) in [7, 11) is 1.94. The zero-order chi connectivity index (χ0) is 13.9. The molecule has 1 aliphatic rings. The number of hydrogen-bond acceptors (Lipinski definition) is 3. The summed E-state index contributed by atoms with van der Waals surface area (Å²) in [6.45, 7) is 1.24. The zero-order valence-corrected chi connectivity index (χ0v) is 11.4. The molecule has 104 valence electrons. The molecule has 19 heavy (non-hydrogen) atoms. The van der Waals surface area contributed by atoms with Gasteiger partial charge in [0.15, 0.2) is 0 Å². The molecular formula is C15H22N2O2. The first-order chi connectivity index (χ1) is 9.02. The number of carboxylic acid groups (broad SMARTS) is 1. The summed E-state index contributed by atoms with van der Waals surface area (Å²) in [6, 6.07) is 10.2. The number of nitrogens with two attached hydrogens (primary N) is 1. The number of hydrogen-bond donors (Lipinski definition) is 2. The number of aliphatic carboxylic acids is 1. The van der Waals surface area contributed by atoms with E-state index in [2.05, 4.69) is 12.1 Å². The minimum absolute atomic E-state index is 0.143. The van der Waals surface area contributed by atoms with Crippen LogP contribution in [0.4, 0.5) is 0 Å². The number of likely N-dealkylation sites (N-methyl/N-ethyl adjacent to an activating group) is 1. The molecule has 0 bridgehead atoms. The first-order valence-corrected chi connectivity index (χ1v) is 6.77. The minimum Gasteiger partial charge on any atom is -0.480 e. The highest BCUT2D eigenvalue weighted by Crippen LogP contribution is 2.38. The van der Waals surface area contributed by atoms with Crippen LogP contribution in [0.2, 0.25) is 0 Å². The van der Waals surface area contributed by atoms with Crippen molar-refractivity contribution in [3.8, 4) is 0 Å². The van der Waals surface area contributed by atoms with Crippen LogP contribution in [0.1, 0.15) is 18.4 Å². The summed E-state index contributed by atoms with van der Waals surface area (Å²) in [5.74, 6) is -0.731. The van der Waals surface area contributed by atoms with Gasteiger partial charge in [0.2, 0.25) is 0 Å². The minimum atomic E-state index is -1.08. The Morgan fingerprint density at radius 2 is 2.05 bits per heavy atom. The average molecular weight is 262 g/mol. The van der Waals surface area contributed by atoms with Crippen LogP contribution in [-0.4, -0.2) is 41.7 Å². The fraction of sp³-hybridized carbons (Fsp3) is 0.533. The van der Waals surface area contributed by atoms with Crippen molar-refractivity contribution in [2.75, 3.05) is 20.1 Å². The van der Waals surface area contributed by atoms with Gasteiger partial charge in [-0.05, 0) is 37.8 Å². The topological polar surface area (TPSA) is 66.6 Å². The fourth-order valence-electron chi connectivity index (χ4n) is 2.46. The van der Waals surface area contributed by atoms with Crippen molar-refractivity contribution in [1.82, 2.24) is 4.90 Å². The molecule has 4 heteroatoms. The second-order valence-corrected chi connectivity index (χ2v) is 5.59. The molecule has 0 spiro atoms. The van der Waals surface area contributed by atoms with Crippen LogP contribution in [0.15, 0.2) is 30.3 Å². The Bertz CT molecular complexity index is 431. The van der Waals surface area contributed by atoms with Crippen molar-refractivity contribution in [1.29, 1.82) is 0 Å². The van der Waals surface area contributed by atoms with Crippen LogP contribution < -0.4 is 5.73 Å². The van der Waals surface area contributed by atoms with E-state index in [1.807, 2.05) is 30.1 Å². The smallest absolute Gasteiger partial charge is 0.325 e. The van der Waals surface area contributed by atoms with E-state index >= 15 is 0 Å². The molecule has 4 nitrogen and oxygen atoms in total. The largest absolute Gasteiger partial charge is 0.480 e. The SMILES string of the molecule is CN(CCc1ccccc1)CC(N)(C(=O)O)C1CC1. The van der Waals surface area contributed by atoms with Crippen LogP contribution in [-0.2, 0) is 11.2 Å². The zero-order valence-electron chi connectivity index (χ0n) is 11.4. The number of rotatable bonds is 7. The van der Waals surface area contributed by atoms with Crippen molar-refractivity contribution in [2.24, 2.45) is 11.7 Å². The van der Waals surface area contributed by atoms with Crippen LogP contribution in [0.5, 0.6) is 0 Å². The van der Waals surface area contributed by atoms with Crippen molar-refractivity contribution in [3.63, 3.8) is 0 Å². The predicted molar refractivity (Wildman–Crippen MR) is 74.9 cm³/mol. The van der Waals surface area contributed by atoms with Gasteiger partial charge < -0.3 is 15.7 Å². The van der Waals surface area contributed by atoms with Gasteiger partial charge in [0.25, 0.3) is 0 Å². The summed E-state index contributed by atoms with van der Waals surface area (Å²) < 4.78 is 0. The third-order valence-corrected chi connectivity index (χ3v) is 3.86. The lowest BCUT2D eigenvalue weighted by atomic mass is 9.94. The summed E-state index contributed by atoms with van der Waals surface area (Å²) in [6.07, 6.45) is 2.79. The fourth-order valence-corrected chi connectivity index (χ4v) is 2.46. The monoisotopic (exact) mass is 262 g/mol. The van der Waals surface area contributed by atoms with Crippen LogP contribution in [0.3, 0.4) is 0 Å². The highest BCUT2D eigenvalue weighted by atomic mass is 16.4. The molecular weight excluding hydrogens is 240 g/mol. The predicted octanol–water partition coefficient (Wildman–Crippen LogP) is 1.35. The van der Waals surface area contributed by atoms with Gasteiger partial charge in [0.05, 0.1) is 0 Å². The van der Waals surface area contributed by atoms with Crippen LogP contribution in [0, 0.1) is 5.92 Å². The van der Waals surface area contributed by atoms with E-state index in [1.165, 1.54) is 5.56 Å². The molecule has 0 heterocycles. The lowest BCUT2D eigenvalue weighted by molar-refractivity contribution is -0.145. The van der Waals surface area contributed by atoms with Crippen molar-refractivity contribution < 1.29 is 9.90 Å². The summed E-state index contributed by atoms with van der Waals surface area (Å²) in [5, 5.41) is 9.33. The number of carbonyl (C=O) groups is 1. The standard InChI is InChI=1S/C15H22N2O2/c1-17(10-9-12-5-3-2-4-6-12)11-15(16,14(18)19)13-7-8-13/h2-6,13H,7-11,16H2,1H3,(H,18,19). The molecule has 0 aliphatic heterocycles. The lowest BCUT2D eigenvalue weighted by Crippen LogP contribution is -2.57. The molecule has 0 amide bonds. The molecule has 3 N–H and O–H groups in total. The van der Waals surface area contributed by atoms with Gasteiger partial charge >= 0.3 is 5.97 Å². The molecule has 1 atom stereocenters. The Labute approximate surface area is 114 Å². The molecule has 2 rings (SSSR count). The highest BCUT2D eigenvalue weighted by molar-refractivity contribution is 5.79. The average Bonchev–Trinajstić information content (AvgIpc) is 3.22. The highest BCUT2D eigenvalue weighted by Gasteiger charge is 2.48. The van der Waals surface area contributed by atoms with Crippen molar-refractivity contribution in [3.05, 3.63) is 35.9 Å². The number of carboxylic acids is 1. The Morgan fingerprint density at radius 3 is 2.58 bits per heavy atom. The molecule has 1 fully saturated rings. The third kappa shape index (κ3) is 3.55. The van der Waals surface area contributed by atoms with Gasteiger partial charge in [-0.2, -0.15) is 0 Å². The van der Waals surface area contributed by atoms with Gasteiger partial charge in [-0.1, -0.05) is 30.3 Å². The quantitative estimate of drug-likeness (QED) is 0.778. The van der Waals surface area contributed by atoms with E-state index < -0.39 is 11.5 Å². The first-order valence-electron chi connectivity index (χ1n) is 6.77. The van der Waals surface area contributed by atoms with Crippen LogP contribution >= 0.6 is 0 Å². The maximum Gasteiger partial charge on any atom is 0.325 e. The van der Waals surface area contributed by atoms with Crippen molar-refractivity contribution >= 4 is 5.97 Å². The second-order valence-electron chi connectivity index (χ2n) is 5.59. The molecule has 1 aromatic carbocycles. The molecule has 1 aliphatic carbocycles. The van der Waals surface area contributed by atoms with E-state index in [0.717, 1.165) is 25.8 Å². The molecule has 0 aromatic heterocycles. The van der Waals surface area contributed by atoms with E-state index in [9.17, 15) is 9.90 Å². The first kappa shape index (κ1) is 14.0. The summed E-state index contributed by atoms with van der Waals surface area (Å²) in [5.41, 5.74) is 6.26.